The second kappa shape index (κ2) is 5.96. The summed E-state index contributed by atoms with van der Waals surface area (Å²) in [5.74, 6) is -1.09. The molecule has 8 heteroatoms. The van der Waals surface area contributed by atoms with Gasteiger partial charge in [-0.2, -0.15) is 5.10 Å². The summed E-state index contributed by atoms with van der Waals surface area (Å²) in [6, 6.07) is 0. The van der Waals surface area contributed by atoms with Gasteiger partial charge in [0, 0.05) is 6.54 Å². The van der Waals surface area contributed by atoms with Gasteiger partial charge in [0.1, 0.15) is 5.56 Å². The fourth-order valence-electron chi connectivity index (χ4n) is 1.51. The van der Waals surface area contributed by atoms with E-state index in [9.17, 15) is 13.2 Å². The molecule has 0 atom stereocenters. The number of H-pyrrole nitrogens is 1. The van der Waals surface area contributed by atoms with Crippen LogP contribution in [0.4, 0.5) is 0 Å². The maximum atomic E-state index is 11.9. The van der Waals surface area contributed by atoms with Gasteiger partial charge >= 0.3 is 5.97 Å². The number of aromatic amines is 1. The van der Waals surface area contributed by atoms with E-state index in [1.165, 1.54) is 0 Å². The van der Waals surface area contributed by atoms with Gasteiger partial charge in [0.25, 0.3) is 10.0 Å². The lowest BCUT2D eigenvalue weighted by Crippen LogP contribution is -2.30. The first kappa shape index (κ1) is 14.7. The Kier molecular flexibility index (Phi) is 4.85. The zero-order chi connectivity index (χ0) is 13.8. The molecule has 0 amide bonds. The first-order valence-corrected chi connectivity index (χ1v) is 7.17. The van der Waals surface area contributed by atoms with Crippen LogP contribution in [0.15, 0.2) is 11.2 Å². The summed E-state index contributed by atoms with van der Waals surface area (Å²) in [5, 5.41) is 14.1. The molecule has 0 spiro atoms. The highest BCUT2D eigenvalue weighted by Crippen LogP contribution is 2.13. The third-order valence-corrected chi connectivity index (χ3v) is 4.22. The van der Waals surface area contributed by atoms with Crippen molar-refractivity contribution in [3.8, 4) is 0 Å². The van der Waals surface area contributed by atoms with E-state index in [0.29, 0.717) is 0 Å². The zero-order valence-corrected chi connectivity index (χ0v) is 11.1. The smallest absolute Gasteiger partial charge is 0.340 e. The van der Waals surface area contributed by atoms with Crippen molar-refractivity contribution < 1.29 is 18.3 Å². The Morgan fingerprint density at radius 2 is 2.11 bits per heavy atom. The van der Waals surface area contributed by atoms with E-state index in [-0.39, 0.29) is 18.0 Å². The predicted molar refractivity (Wildman–Crippen MR) is 64.8 cm³/mol. The second-order valence-corrected chi connectivity index (χ2v) is 5.66. The largest absolute Gasteiger partial charge is 0.478 e. The summed E-state index contributed by atoms with van der Waals surface area (Å²) < 4.78 is 26.2. The molecule has 1 heterocycles. The molecule has 0 aromatic carbocycles. The number of nitrogens with one attached hydrogen (secondary N) is 2. The number of nitrogens with zero attached hydrogens (tertiary/aromatic N) is 1. The topological polar surface area (TPSA) is 112 Å². The summed E-state index contributed by atoms with van der Waals surface area (Å²) >= 11 is 0. The molecular formula is C10H17N3O4S. The monoisotopic (exact) mass is 275 g/mol. The third kappa shape index (κ3) is 3.30. The van der Waals surface area contributed by atoms with Crippen LogP contribution in [0.2, 0.25) is 0 Å². The van der Waals surface area contributed by atoms with Crippen molar-refractivity contribution in [3.05, 3.63) is 11.8 Å². The molecule has 3 N–H and O–H groups in total. The summed E-state index contributed by atoms with van der Waals surface area (Å²) in [7, 11) is -3.86. The van der Waals surface area contributed by atoms with Crippen molar-refractivity contribution in [3.63, 3.8) is 0 Å². The minimum absolute atomic E-state index is 0.232. The minimum Gasteiger partial charge on any atom is -0.478 e. The van der Waals surface area contributed by atoms with Crippen LogP contribution in [0, 0.1) is 5.92 Å². The lowest BCUT2D eigenvalue weighted by Gasteiger charge is -2.13. The lowest BCUT2D eigenvalue weighted by molar-refractivity contribution is 0.0692. The maximum Gasteiger partial charge on any atom is 0.340 e. The van der Waals surface area contributed by atoms with Crippen LogP contribution in [0.5, 0.6) is 0 Å². The normalized spacial score (nSPS) is 11.9. The number of hydrogen-bond acceptors (Lipinski definition) is 4. The summed E-state index contributed by atoms with van der Waals surface area (Å²) in [4.78, 5) is 10.8. The number of carboxylic acid groups (broad SMARTS) is 1. The van der Waals surface area contributed by atoms with Crippen LogP contribution < -0.4 is 4.72 Å². The van der Waals surface area contributed by atoms with Gasteiger partial charge in [-0.15, -0.1) is 0 Å². The molecule has 7 nitrogen and oxygen atoms in total. The molecule has 0 aliphatic carbocycles. The van der Waals surface area contributed by atoms with Gasteiger partial charge in [0.05, 0.1) is 6.20 Å². The number of aromatic carboxylic acids is 1. The van der Waals surface area contributed by atoms with Crippen LogP contribution in [-0.4, -0.2) is 36.2 Å². The van der Waals surface area contributed by atoms with E-state index in [1.807, 2.05) is 13.8 Å². The fourth-order valence-corrected chi connectivity index (χ4v) is 2.71. The summed E-state index contributed by atoms with van der Waals surface area (Å²) in [6.07, 6.45) is 2.69. The van der Waals surface area contributed by atoms with E-state index in [1.54, 1.807) is 0 Å². The van der Waals surface area contributed by atoms with Crippen molar-refractivity contribution >= 4 is 16.0 Å². The van der Waals surface area contributed by atoms with Crippen LogP contribution in [0.25, 0.3) is 0 Å². The molecule has 0 saturated carbocycles. The SMILES string of the molecule is CCC(CC)CNS(=O)(=O)c1[nH]ncc1C(=O)O. The van der Waals surface area contributed by atoms with Crippen LogP contribution in [0.1, 0.15) is 37.0 Å². The Balaban J connectivity index is 2.87. The Bertz CT molecular complexity index is 505. The van der Waals surface area contributed by atoms with Gasteiger partial charge in [-0.3, -0.25) is 5.10 Å². The average Bonchev–Trinajstić information content (AvgIpc) is 2.80. The molecule has 18 heavy (non-hydrogen) atoms. The standard InChI is InChI=1S/C10H17N3O4S/c1-3-7(4-2)5-12-18(16,17)9-8(10(14)15)6-11-13-9/h6-7,12H,3-5H2,1-2H3,(H,11,13)(H,14,15). The molecule has 0 radical (unpaired) electrons. The Labute approximate surface area is 106 Å². The van der Waals surface area contributed by atoms with E-state index in [2.05, 4.69) is 14.9 Å². The highest BCUT2D eigenvalue weighted by Gasteiger charge is 2.24. The summed E-state index contributed by atoms with van der Waals surface area (Å²) in [5.41, 5.74) is -0.355. The Morgan fingerprint density at radius 3 is 2.61 bits per heavy atom. The molecule has 1 aromatic rings. The molecule has 0 aliphatic rings. The van der Waals surface area contributed by atoms with Crippen LogP contribution in [-0.2, 0) is 10.0 Å². The van der Waals surface area contributed by atoms with E-state index < -0.39 is 21.0 Å². The first-order chi connectivity index (χ1) is 8.42. The molecule has 0 bridgehead atoms. The third-order valence-electron chi connectivity index (χ3n) is 2.82. The van der Waals surface area contributed by atoms with Gasteiger partial charge in [-0.25, -0.2) is 17.9 Å². The molecular weight excluding hydrogens is 258 g/mol. The van der Waals surface area contributed by atoms with Crippen molar-refractivity contribution in [1.29, 1.82) is 0 Å². The lowest BCUT2D eigenvalue weighted by atomic mass is 10.0. The molecule has 1 aromatic heterocycles. The van der Waals surface area contributed by atoms with Crippen molar-refractivity contribution in [2.45, 2.75) is 31.7 Å². The number of rotatable bonds is 7. The molecule has 102 valence electrons. The van der Waals surface area contributed by atoms with Crippen molar-refractivity contribution in [2.24, 2.45) is 5.92 Å². The zero-order valence-electron chi connectivity index (χ0n) is 10.3. The number of sulfonamides is 1. The van der Waals surface area contributed by atoms with Crippen molar-refractivity contribution in [1.82, 2.24) is 14.9 Å². The second-order valence-electron chi connectivity index (χ2n) is 3.95. The molecule has 0 fully saturated rings. The highest BCUT2D eigenvalue weighted by molar-refractivity contribution is 7.89. The van der Waals surface area contributed by atoms with E-state index in [4.69, 9.17) is 5.11 Å². The molecule has 0 saturated heterocycles. The van der Waals surface area contributed by atoms with E-state index >= 15 is 0 Å². The first-order valence-electron chi connectivity index (χ1n) is 5.68. The Morgan fingerprint density at radius 1 is 1.50 bits per heavy atom. The minimum atomic E-state index is -3.86. The quantitative estimate of drug-likeness (QED) is 0.682. The van der Waals surface area contributed by atoms with Crippen LogP contribution >= 0.6 is 0 Å². The van der Waals surface area contributed by atoms with Gasteiger partial charge in [-0.05, 0) is 5.92 Å². The summed E-state index contributed by atoms with van der Waals surface area (Å²) in [6.45, 7) is 4.23. The molecule has 0 unspecified atom stereocenters. The van der Waals surface area contributed by atoms with Gasteiger partial charge in [0.15, 0.2) is 5.03 Å². The van der Waals surface area contributed by atoms with Gasteiger partial charge in [-0.1, -0.05) is 26.7 Å². The molecule has 1 rings (SSSR count). The Hall–Kier alpha value is -1.41. The predicted octanol–water partition coefficient (Wildman–Crippen LogP) is 0.822. The average molecular weight is 275 g/mol. The number of aromatic nitrogens is 2. The van der Waals surface area contributed by atoms with Crippen LogP contribution in [0.3, 0.4) is 0 Å². The highest BCUT2D eigenvalue weighted by atomic mass is 32.2. The molecule has 0 aliphatic heterocycles. The maximum absolute atomic E-state index is 11.9. The number of hydrogen-bond donors (Lipinski definition) is 3. The number of carbonyl (C=O) groups is 1. The number of carboxylic acids is 1. The van der Waals surface area contributed by atoms with Crippen molar-refractivity contribution in [2.75, 3.05) is 6.54 Å². The fraction of sp³-hybridized carbons (Fsp3) is 0.600. The van der Waals surface area contributed by atoms with Gasteiger partial charge in [0.2, 0.25) is 0 Å². The van der Waals surface area contributed by atoms with E-state index in [0.717, 1.165) is 19.0 Å². The van der Waals surface area contributed by atoms with Gasteiger partial charge < -0.3 is 5.11 Å².